The summed E-state index contributed by atoms with van der Waals surface area (Å²) in [4.78, 5) is 22.0. The van der Waals surface area contributed by atoms with Gasteiger partial charge in [0, 0.05) is 17.2 Å². The number of hydrogen-bond donors (Lipinski definition) is 2. The van der Waals surface area contributed by atoms with Gasteiger partial charge in [0.25, 0.3) is 15.9 Å². The monoisotopic (exact) mass is 556 g/mol. The summed E-state index contributed by atoms with van der Waals surface area (Å²) < 4.78 is 35.3. The number of carbonyl (C=O) groups is 1. The van der Waals surface area contributed by atoms with E-state index in [4.69, 9.17) is 4.74 Å². The highest BCUT2D eigenvalue weighted by Gasteiger charge is 2.23. The van der Waals surface area contributed by atoms with Crippen LogP contribution in [0.4, 0.5) is 5.95 Å². The first-order valence-corrected chi connectivity index (χ1v) is 14.7. The van der Waals surface area contributed by atoms with Crippen molar-refractivity contribution in [3.8, 4) is 17.1 Å². The molecule has 1 aliphatic heterocycles. The largest absolute Gasteiger partial charge is 0.475 e. The number of aryl methyl sites for hydroxylation is 1. The van der Waals surface area contributed by atoms with Gasteiger partial charge in [-0.1, -0.05) is 68.4 Å². The summed E-state index contributed by atoms with van der Waals surface area (Å²) in [6.45, 7) is 6.30. The van der Waals surface area contributed by atoms with E-state index in [-0.39, 0.29) is 40.8 Å². The number of benzene rings is 3. The summed E-state index contributed by atoms with van der Waals surface area (Å²) in [6.07, 6.45) is 1.35. The van der Waals surface area contributed by atoms with Gasteiger partial charge >= 0.3 is 0 Å². The molecule has 1 amide bonds. The smallest absolute Gasteiger partial charge is 0.264 e. The van der Waals surface area contributed by atoms with Crippen molar-refractivity contribution in [2.45, 2.75) is 44.6 Å². The second kappa shape index (κ2) is 11.5. The average molecular weight is 557 g/mol. The molecule has 0 spiro atoms. The molecule has 9 heteroatoms. The topological polar surface area (TPSA) is 110 Å². The van der Waals surface area contributed by atoms with E-state index in [1.807, 2.05) is 43.3 Å². The van der Waals surface area contributed by atoms with Crippen LogP contribution in [-0.2, 0) is 16.4 Å². The van der Waals surface area contributed by atoms with Crippen LogP contribution in [0.1, 0.15) is 47.3 Å². The third kappa shape index (κ3) is 6.31. The first-order valence-electron chi connectivity index (χ1n) is 13.3. The fourth-order valence-electron chi connectivity index (χ4n) is 4.91. The molecule has 3 aromatic carbocycles. The van der Waals surface area contributed by atoms with Crippen LogP contribution in [0.15, 0.2) is 83.8 Å². The number of sulfonamides is 1. The maximum atomic E-state index is 13.3. The summed E-state index contributed by atoms with van der Waals surface area (Å²) in [5.74, 6) is 0.0350. The zero-order valence-electron chi connectivity index (χ0n) is 22.7. The lowest BCUT2D eigenvalue weighted by atomic mass is 9.94. The molecule has 0 aliphatic carbocycles. The van der Waals surface area contributed by atoms with Crippen LogP contribution in [0, 0.1) is 12.8 Å². The molecule has 0 radical (unpaired) electrons. The summed E-state index contributed by atoms with van der Waals surface area (Å²) >= 11 is 0. The number of nitrogens with zero attached hydrogens (tertiary/aromatic N) is 2. The van der Waals surface area contributed by atoms with Crippen molar-refractivity contribution in [3.05, 3.63) is 101 Å². The van der Waals surface area contributed by atoms with Crippen molar-refractivity contribution in [1.29, 1.82) is 0 Å². The van der Waals surface area contributed by atoms with Gasteiger partial charge in [0.2, 0.25) is 11.8 Å². The zero-order valence-corrected chi connectivity index (χ0v) is 23.5. The second-order valence-corrected chi connectivity index (χ2v) is 12.1. The van der Waals surface area contributed by atoms with Crippen molar-refractivity contribution < 1.29 is 17.9 Å². The van der Waals surface area contributed by atoms with Crippen molar-refractivity contribution in [3.63, 3.8) is 0 Å². The third-order valence-corrected chi connectivity index (χ3v) is 8.04. The number of fused-ring (bicyclic) bond motifs is 4. The lowest BCUT2D eigenvalue weighted by Crippen LogP contribution is -2.40. The number of nitrogens with one attached hydrogen (secondary N) is 2. The molecule has 4 aromatic rings. The van der Waals surface area contributed by atoms with Crippen LogP contribution in [0.25, 0.3) is 11.3 Å². The quantitative estimate of drug-likeness (QED) is 0.342. The van der Waals surface area contributed by atoms with Crippen molar-refractivity contribution >= 4 is 21.9 Å². The molecule has 40 heavy (non-hydrogen) atoms. The normalized spacial score (nSPS) is 16.5. The predicted octanol–water partition coefficient (Wildman–Crippen LogP) is 5.38. The van der Waals surface area contributed by atoms with Crippen LogP contribution in [0.5, 0.6) is 5.88 Å². The molecule has 2 heterocycles. The Labute approximate surface area is 234 Å². The Morgan fingerprint density at radius 1 is 0.975 bits per heavy atom. The lowest BCUT2D eigenvalue weighted by molar-refractivity contribution is 0.0913. The lowest BCUT2D eigenvalue weighted by Gasteiger charge is -2.21. The molecule has 1 aliphatic rings. The molecule has 206 valence electrons. The molecule has 1 aromatic heterocycles. The number of carbonyl (C=O) groups excluding carboxylic acids is 1. The van der Waals surface area contributed by atoms with E-state index in [9.17, 15) is 13.2 Å². The minimum Gasteiger partial charge on any atom is -0.475 e. The number of amides is 1. The van der Waals surface area contributed by atoms with Gasteiger partial charge in [-0.05, 0) is 60.6 Å². The van der Waals surface area contributed by atoms with Crippen molar-refractivity contribution in [2.75, 3.05) is 11.3 Å². The Hall–Kier alpha value is -4.24. The van der Waals surface area contributed by atoms with Gasteiger partial charge in [0.15, 0.2) is 0 Å². The number of anilines is 1. The van der Waals surface area contributed by atoms with Gasteiger partial charge in [-0.25, -0.2) is 18.1 Å². The summed E-state index contributed by atoms with van der Waals surface area (Å²) in [6, 6.07) is 23.5. The summed E-state index contributed by atoms with van der Waals surface area (Å²) in [5.41, 5.74) is 4.85. The number of rotatable bonds is 5. The van der Waals surface area contributed by atoms with E-state index >= 15 is 0 Å². The van der Waals surface area contributed by atoms with E-state index in [0.717, 1.165) is 22.3 Å². The SMILES string of the molecule is Cc1cccc(Cc2ccccc2)c1-c1cc2nc(n1)NS(=O)(=O)c1cccc(c1)C(=O)N[C@H](CC(C)C)CO2. The molecule has 0 saturated carbocycles. The summed E-state index contributed by atoms with van der Waals surface area (Å²) in [7, 11) is -4.09. The Kier molecular flexibility index (Phi) is 7.84. The maximum absolute atomic E-state index is 13.3. The Morgan fingerprint density at radius 2 is 1.75 bits per heavy atom. The average Bonchev–Trinajstić information content (AvgIpc) is 2.91. The molecule has 0 unspecified atom stereocenters. The highest BCUT2D eigenvalue weighted by Crippen LogP contribution is 2.31. The third-order valence-electron chi connectivity index (χ3n) is 6.71. The van der Waals surface area contributed by atoms with Crippen LogP contribution in [0.2, 0.25) is 0 Å². The van der Waals surface area contributed by atoms with Crippen LogP contribution in [0.3, 0.4) is 0 Å². The Morgan fingerprint density at radius 3 is 2.52 bits per heavy atom. The first kappa shape index (κ1) is 27.3. The molecule has 4 bridgehead atoms. The Bertz CT molecular complexity index is 1640. The van der Waals surface area contributed by atoms with E-state index in [1.165, 1.54) is 12.1 Å². The van der Waals surface area contributed by atoms with Gasteiger partial charge in [-0.3, -0.25) is 4.79 Å². The van der Waals surface area contributed by atoms with Gasteiger partial charge in [-0.2, -0.15) is 4.98 Å². The highest BCUT2D eigenvalue weighted by molar-refractivity contribution is 7.92. The van der Waals surface area contributed by atoms with Gasteiger partial charge in [-0.15, -0.1) is 0 Å². The minimum absolute atomic E-state index is 0.0584. The van der Waals surface area contributed by atoms with E-state index < -0.39 is 10.0 Å². The molecule has 0 saturated heterocycles. The molecule has 5 rings (SSSR count). The first-order chi connectivity index (χ1) is 19.2. The van der Waals surface area contributed by atoms with Crippen molar-refractivity contribution in [1.82, 2.24) is 15.3 Å². The van der Waals surface area contributed by atoms with Crippen LogP contribution >= 0.6 is 0 Å². The fourth-order valence-corrected chi connectivity index (χ4v) is 5.90. The Balaban J connectivity index is 1.62. The molecular weight excluding hydrogens is 524 g/mol. The van der Waals surface area contributed by atoms with Crippen molar-refractivity contribution in [2.24, 2.45) is 5.92 Å². The zero-order chi connectivity index (χ0) is 28.3. The molecular formula is C31H32N4O4S. The highest BCUT2D eigenvalue weighted by atomic mass is 32.2. The predicted molar refractivity (Wildman–Crippen MR) is 155 cm³/mol. The molecule has 2 N–H and O–H groups in total. The standard InChI is InChI=1S/C31H32N4O4S/c1-20(2)15-25-19-39-28-18-27(29-21(3)9-7-12-23(29)16-22-10-5-4-6-11-22)33-31(34-28)35-40(37,38)26-14-8-13-24(17-26)30(36)32-25/h4-14,17-18,20,25H,15-16,19H2,1-3H3,(H,32,36)(H,33,34,35)/t25-/m1/s1. The number of ether oxygens (including phenoxy) is 1. The second-order valence-electron chi connectivity index (χ2n) is 10.4. The van der Waals surface area contributed by atoms with Crippen LogP contribution < -0.4 is 14.8 Å². The van der Waals surface area contributed by atoms with Gasteiger partial charge < -0.3 is 10.1 Å². The van der Waals surface area contributed by atoms with E-state index in [2.05, 4.69) is 46.0 Å². The summed E-state index contributed by atoms with van der Waals surface area (Å²) in [5, 5.41) is 3.00. The number of aromatic nitrogens is 2. The van der Waals surface area contributed by atoms with E-state index in [1.54, 1.807) is 18.2 Å². The van der Waals surface area contributed by atoms with E-state index in [0.29, 0.717) is 24.5 Å². The van der Waals surface area contributed by atoms with Gasteiger partial charge in [0.05, 0.1) is 16.6 Å². The molecule has 1 atom stereocenters. The fraction of sp³-hybridized carbons (Fsp3) is 0.258. The maximum Gasteiger partial charge on any atom is 0.264 e. The molecule has 8 nitrogen and oxygen atoms in total. The number of hydrogen-bond acceptors (Lipinski definition) is 6. The minimum atomic E-state index is -4.09. The molecule has 0 fully saturated rings. The van der Waals surface area contributed by atoms with Crippen LogP contribution in [-0.4, -0.2) is 36.9 Å². The van der Waals surface area contributed by atoms with Gasteiger partial charge in [0.1, 0.15) is 6.61 Å².